The summed E-state index contributed by atoms with van der Waals surface area (Å²) in [6.07, 6.45) is 6.14. The van der Waals surface area contributed by atoms with Gasteiger partial charge in [0, 0.05) is 19.3 Å². The Morgan fingerprint density at radius 2 is 2.24 bits per heavy atom. The smallest absolute Gasteiger partial charge is 0.270 e. The van der Waals surface area contributed by atoms with Crippen LogP contribution in [0.25, 0.3) is 0 Å². The molecule has 0 spiro atoms. The van der Waals surface area contributed by atoms with Crippen molar-refractivity contribution in [2.75, 3.05) is 6.54 Å². The van der Waals surface area contributed by atoms with Gasteiger partial charge < -0.3 is 23.6 Å². The van der Waals surface area contributed by atoms with Gasteiger partial charge in [0.05, 0.1) is 37.1 Å². The second-order valence-electron chi connectivity index (χ2n) is 6.07. The number of rotatable bonds is 5. The summed E-state index contributed by atoms with van der Waals surface area (Å²) < 4.78 is 13.1. The molecule has 1 N–H and O–H groups in total. The van der Waals surface area contributed by atoms with Crippen molar-refractivity contribution in [3.8, 4) is 0 Å². The number of nitrogens with one attached hydrogen (secondary N) is 1. The number of H-pyrrole nitrogens is 1. The van der Waals surface area contributed by atoms with Crippen LogP contribution in [-0.2, 0) is 31.0 Å². The number of fused-ring (bicyclic) bond motifs is 1. The second kappa shape index (κ2) is 6.98. The van der Waals surface area contributed by atoms with Crippen LogP contribution in [0, 0.1) is 0 Å². The normalized spacial score (nSPS) is 14.3. The Bertz CT molecular complexity index is 821. The molecular formula is C18H20N4O3. The van der Waals surface area contributed by atoms with Crippen LogP contribution >= 0.6 is 0 Å². The number of ether oxygens (including phenoxy) is 1. The third-order valence-corrected chi connectivity index (χ3v) is 4.38. The van der Waals surface area contributed by atoms with Crippen molar-refractivity contribution in [1.29, 1.82) is 0 Å². The third kappa shape index (κ3) is 3.36. The fourth-order valence-electron chi connectivity index (χ4n) is 3.09. The van der Waals surface area contributed by atoms with Gasteiger partial charge in [0.25, 0.3) is 5.91 Å². The van der Waals surface area contributed by atoms with E-state index in [-0.39, 0.29) is 5.91 Å². The van der Waals surface area contributed by atoms with Crippen LogP contribution in [0.2, 0.25) is 0 Å². The number of furan rings is 1. The molecule has 0 saturated carbocycles. The van der Waals surface area contributed by atoms with Gasteiger partial charge in [-0.25, -0.2) is 4.98 Å². The highest BCUT2D eigenvalue weighted by Crippen LogP contribution is 2.19. The molecule has 0 fully saturated rings. The maximum Gasteiger partial charge on any atom is 0.270 e. The van der Waals surface area contributed by atoms with Gasteiger partial charge in [-0.05, 0) is 30.7 Å². The van der Waals surface area contributed by atoms with Gasteiger partial charge in [-0.1, -0.05) is 0 Å². The Balaban J connectivity index is 1.46. The number of carbonyl (C=O) groups is 1. The number of nitrogens with zero attached hydrogens (tertiary/aromatic N) is 3. The summed E-state index contributed by atoms with van der Waals surface area (Å²) in [4.78, 5) is 22.0. The van der Waals surface area contributed by atoms with Crippen molar-refractivity contribution in [3.05, 3.63) is 65.9 Å². The van der Waals surface area contributed by atoms with E-state index < -0.39 is 0 Å². The average molecular weight is 340 g/mol. The first kappa shape index (κ1) is 15.7. The van der Waals surface area contributed by atoms with Crippen molar-refractivity contribution in [1.82, 2.24) is 19.4 Å². The van der Waals surface area contributed by atoms with Crippen molar-refractivity contribution in [2.24, 2.45) is 0 Å². The number of imidazole rings is 1. The zero-order valence-corrected chi connectivity index (χ0v) is 13.9. The SMILES string of the molecule is O=C(c1ccc[nH]1)N1CCCn2cnc(COCc3ccco3)c2C1. The lowest BCUT2D eigenvalue weighted by Crippen LogP contribution is -2.31. The molecule has 3 aromatic rings. The van der Waals surface area contributed by atoms with Crippen molar-refractivity contribution in [3.63, 3.8) is 0 Å². The molecule has 4 heterocycles. The summed E-state index contributed by atoms with van der Waals surface area (Å²) in [5.74, 6) is 0.802. The molecular weight excluding hydrogens is 320 g/mol. The van der Waals surface area contributed by atoms with Gasteiger partial charge in [0.15, 0.2) is 0 Å². The lowest BCUT2D eigenvalue weighted by Gasteiger charge is -2.20. The maximum atomic E-state index is 12.6. The van der Waals surface area contributed by atoms with Crippen LogP contribution in [-0.4, -0.2) is 31.9 Å². The van der Waals surface area contributed by atoms with E-state index in [1.165, 1.54) is 0 Å². The minimum atomic E-state index is 0.0158. The molecule has 1 aliphatic heterocycles. The molecule has 0 atom stereocenters. The molecule has 1 aliphatic rings. The van der Waals surface area contributed by atoms with Gasteiger partial charge in [0.2, 0.25) is 0 Å². The van der Waals surface area contributed by atoms with Gasteiger partial charge >= 0.3 is 0 Å². The predicted molar refractivity (Wildman–Crippen MR) is 89.6 cm³/mol. The summed E-state index contributed by atoms with van der Waals surface area (Å²) in [6, 6.07) is 7.36. The lowest BCUT2D eigenvalue weighted by atomic mass is 10.2. The molecule has 25 heavy (non-hydrogen) atoms. The van der Waals surface area contributed by atoms with E-state index in [0.29, 0.717) is 25.5 Å². The molecule has 0 unspecified atom stereocenters. The van der Waals surface area contributed by atoms with Crippen LogP contribution in [0.3, 0.4) is 0 Å². The van der Waals surface area contributed by atoms with Gasteiger partial charge in [-0.2, -0.15) is 0 Å². The van der Waals surface area contributed by atoms with Crippen LogP contribution in [0.1, 0.15) is 34.1 Å². The Hall–Kier alpha value is -2.80. The predicted octanol–water partition coefficient (Wildman–Crippen LogP) is 2.57. The Morgan fingerprint density at radius 3 is 3.04 bits per heavy atom. The molecule has 4 rings (SSSR count). The Morgan fingerprint density at radius 1 is 1.28 bits per heavy atom. The van der Waals surface area contributed by atoms with E-state index in [0.717, 1.165) is 36.7 Å². The minimum Gasteiger partial charge on any atom is -0.467 e. The number of aromatic amines is 1. The summed E-state index contributed by atoms with van der Waals surface area (Å²) in [5, 5.41) is 0. The van der Waals surface area contributed by atoms with Crippen LogP contribution < -0.4 is 0 Å². The summed E-state index contributed by atoms with van der Waals surface area (Å²) >= 11 is 0. The van der Waals surface area contributed by atoms with Gasteiger partial charge in [-0.3, -0.25) is 4.79 Å². The molecule has 7 heteroatoms. The van der Waals surface area contributed by atoms with E-state index in [4.69, 9.17) is 9.15 Å². The Labute approximate surface area is 145 Å². The van der Waals surface area contributed by atoms with Crippen LogP contribution in [0.4, 0.5) is 0 Å². The van der Waals surface area contributed by atoms with Crippen LogP contribution in [0.15, 0.2) is 47.5 Å². The fraction of sp³-hybridized carbons (Fsp3) is 0.333. The largest absolute Gasteiger partial charge is 0.467 e. The van der Waals surface area contributed by atoms with Crippen molar-refractivity contribution in [2.45, 2.75) is 32.7 Å². The van der Waals surface area contributed by atoms with E-state index in [2.05, 4.69) is 14.5 Å². The maximum absolute atomic E-state index is 12.6. The molecule has 0 aliphatic carbocycles. The summed E-state index contributed by atoms with van der Waals surface area (Å²) in [6.45, 7) is 2.93. The number of hydrogen-bond donors (Lipinski definition) is 1. The van der Waals surface area contributed by atoms with E-state index in [1.54, 1.807) is 18.5 Å². The van der Waals surface area contributed by atoms with Crippen molar-refractivity contribution >= 4 is 5.91 Å². The lowest BCUT2D eigenvalue weighted by molar-refractivity contribution is 0.0732. The summed E-state index contributed by atoms with van der Waals surface area (Å²) in [5.41, 5.74) is 2.53. The minimum absolute atomic E-state index is 0.0158. The molecule has 0 saturated heterocycles. The summed E-state index contributed by atoms with van der Waals surface area (Å²) in [7, 11) is 0. The first-order valence-corrected chi connectivity index (χ1v) is 8.37. The number of aryl methyl sites for hydroxylation is 1. The van der Waals surface area contributed by atoms with E-state index in [9.17, 15) is 4.79 Å². The Kier molecular flexibility index (Phi) is 4.39. The van der Waals surface area contributed by atoms with Crippen LogP contribution in [0.5, 0.6) is 0 Å². The quantitative estimate of drug-likeness (QED) is 0.774. The number of carbonyl (C=O) groups excluding carboxylic acids is 1. The zero-order valence-electron chi connectivity index (χ0n) is 13.9. The molecule has 0 bridgehead atoms. The highest BCUT2D eigenvalue weighted by Gasteiger charge is 2.23. The molecule has 130 valence electrons. The first-order valence-electron chi connectivity index (χ1n) is 8.37. The first-order chi connectivity index (χ1) is 12.3. The monoisotopic (exact) mass is 340 g/mol. The number of aromatic nitrogens is 3. The van der Waals surface area contributed by atoms with E-state index in [1.807, 2.05) is 29.4 Å². The van der Waals surface area contributed by atoms with Gasteiger partial charge in [-0.15, -0.1) is 0 Å². The molecule has 0 radical (unpaired) electrons. The van der Waals surface area contributed by atoms with Gasteiger partial charge in [0.1, 0.15) is 18.1 Å². The fourth-order valence-corrected chi connectivity index (χ4v) is 3.09. The standard InChI is InChI=1S/C18H20N4O3/c23-18(15-5-1-6-19-15)21-7-3-8-22-13-20-16(17(22)10-21)12-24-11-14-4-2-9-25-14/h1-2,4-6,9,13,19H,3,7-8,10-12H2. The molecule has 0 aromatic carbocycles. The second-order valence-corrected chi connectivity index (χ2v) is 6.07. The molecule has 1 amide bonds. The topological polar surface area (TPSA) is 76.3 Å². The zero-order chi connectivity index (χ0) is 17.1. The molecule has 7 nitrogen and oxygen atoms in total. The molecule has 3 aromatic heterocycles. The highest BCUT2D eigenvalue weighted by atomic mass is 16.5. The highest BCUT2D eigenvalue weighted by molar-refractivity contribution is 5.92. The average Bonchev–Trinajstić information content (AvgIpc) is 3.36. The van der Waals surface area contributed by atoms with E-state index >= 15 is 0 Å². The van der Waals surface area contributed by atoms with Crippen molar-refractivity contribution < 1.29 is 13.9 Å². The third-order valence-electron chi connectivity index (χ3n) is 4.38. The number of hydrogen-bond acceptors (Lipinski definition) is 4. The number of amides is 1.